The highest BCUT2D eigenvalue weighted by Gasteiger charge is 2.13. The second-order valence-electron chi connectivity index (χ2n) is 6.84. The van der Waals surface area contributed by atoms with Crippen LogP contribution < -0.4 is 15.7 Å². The standard InChI is InChI=1S/C22H23ClN2O4/c1-4-14-5-7-17-15(10-22(27)29-20(17)9-14)12-25(2)13-21(26)24-18-11-16(23)6-8-19(18)28-3/h5-11H,4,12-13H2,1-3H3,(H,24,26). The predicted octanol–water partition coefficient (Wildman–Crippen LogP) is 4.09. The molecule has 1 heterocycles. The number of hydrogen-bond donors (Lipinski definition) is 1. The zero-order valence-corrected chi connectivity index (χ0v) is 17.4. The van der Waals surface area contributed by atoms with Crippen molar-refractivity contribution in [1.29, 1.82) is 0 Å². The summed E-state index contributed by atoms with van der Waals surface area (Å²) in [5.41, 5.74) is 2.59. The number of aryl methyl sites for hydroxylation is 1. The van der Waals surface area contributed by atoms with Gasteiger partial charge in [0.2, 0.25) is 5.91 Å². The molecule has 3 rings (SSSR count). The second kappa shape index (κ2) is 9.11. The molecule has 0 radical (unpaired) electrons. The van der Waals surface area contributed by atoms with Crippen LogP contribution in [0.1, 0.15) is 18.1 Å². The number of amides is 1. The fraction of sp³-hybridized carbons (Fsp3) is 0.273. The Labute approximate surface area is 174 Å². The normalized spacial score (nSPS) is 11.1. The van der Waals surface area contributed by atoms with Crippen LogP contribution in [0.2, 0.25) is 5.02 Å². The molecule has 0 saturated carbocycles. The summed E-state index contributed by atoms with van der Waals surface area (Å²) < 4.78 is 10.6. The van der Waals surface area contributed by atoms with Crippen molar-refractivity contribution in [1.82, 2.24) is 4.90 Å². The third kappa shape index (κ3) is 5.16. The van der Waals surface area contributed by atoms with E-state index in [1.807, 2.05) is 37.1 Å². The largest absolute Gasteiger partial charge is 0.495 e. The van der Waals surface area contributed by atoms with Gasteiger partial charge in [0.1, 0.15) is 11.3 Å². The maximum atomic E-state index is 12.5. The summed E-state index contributed by atoms with van der Waals surface area (Å²) in [4.78, 5) is 26.3. The van der Waals surface area contributed by atoms with Crippen molar-refractivity contribution in [3.63, 3.8) is 0 Å². The van der Waals surface area contributed by atoms with E-state index in [4.69, 9.17) is 20.8 Å². The molecule has 0 fully saturated rings. The first-order chi connectivity index (χ1) is 13.9. The van der Waals surface area contributed by atoms with Crippen LogP contribution in [0.4, 0.5) is 5.69 Å². The predicted molar refractivity (Wildman–Crippen MR) is 115 cm³/mol. The summed E-state index contributed by atoms with van der Waals surface area (Å²) in [5, 5.41) is 4.18. The number of rotatable bonds is 7. The van der Waals surface area contributed by atoms with Gasteiger partial charge in [0.15, 0.2) is 0 Å². The molecule has 152 valence electrons. The zero-order valence-electron chi connectivity index (χ0n) is 16.6. The maximum absolute atomic E-state index is 12.5. The summed E-state index contributed by atoms with van der Waals surface area (Å²) >= 11 is 6.01. The van der Waals surface area contributed by atoms with E-state index in [2.05, 4.69) is 5.32 Å². The Balaban J connectivity index is 1.74. The Morgan fingerprint density at radius 2 is 2.00 bits per heavy atom. The van der Waals surface area contributed by atoms with Crippen LogP contribution >= 0.6 is 11.6 Å². The second-order valence-corrected chi connectivity index (χ2v) is 7.28. The van der Waals surface area contributed by atoms with Crippen LogP contribution in [0.15, 0.2) is 51.7 Å². The average Bonchev–Trinajstić information content (AvgIpc) is 2.67. The summed E-state index contributed by atoms with van der Waals surface area (Å²) in [6.07, 6.45) is 0.858. The molecule has 0 aliphatic heterocycles. The number of hydrogen-bond acceptors (Lipinski definition) is 5. The smallest absolute Gasteiger partial charge is 0.336 e. The van der Waals surface area contributed by atoms with Gasteiger partial charge in [0, 0.05) is 23.0 Å². The molecule has 1 amide bonds. The quantitative estimate of drug-likeness (QED) is 0.589. The van der Waals surface area contributed by atoms with Crippen molar-refractivity contribution in [3.8, 4) is 5.75 Å². The first-order valence-corrected chi connectivity index (χ1v) is 9.65. The van der Waals surface area contributed by atoms with Gasteiger partial charge in [0.25, 0.3) is 0 Å². The van der Waals surface area contributed by atoms with E-state index in [0.29, 0.717) is 28.6 Å². The van der Waals surface area contributed by atoms with Crippen molar-refractivity contribution in [2.24, 2.45) is 0 Å². The van der Waals surface area contributed by atoms with Crippen LogP contribution in [0.3, 0.4) is 0 Å². The fourth-order valence-corrected chi connectivity index (χ4v) is 3.36. The maximum Gasteiger partial charge on any atom is 0.336 e. The molecule has 0 bridgehead atoms. The average molecular weight is 415 g/mol. The van der Waals surface area contributed by atoms with Crippen molar-refractivity contribution < 1.29 is 13.9 Å². The van der Waals surface area contributed by atoms with Gasteiger partial charge in [0.05, 0.1) is 19.3 Å². The van der Waals surface area contributed by atoms with E-state index in [0.717, 1.165) is 22.9 Å². The van der Waals surface area contributed by atoms with Crippen LogP contribution in [0.25, 0.3) is 11.0 Å². The van der Waals surface area contributed by atoms with Crippen molar-refractivity contribution >= 4 is 34.2 Å². The third-order valence-corrected chi connectivity index (χ3v) is 4.83. The SMILES string of the molecule is CCc1ccc2c(CN(C)CC(=O)Nc3cc(Cl)ccc3OC)cc(=O)oc2c1. The summed E-state index contributed by atoms with van der Waals surface area (Å²) in [6, 6.07) is 12.4. The van der Waals surface area contributed by atoms with E-state index in [1.54, 1.807) is 18.2 Å². The fourth-order valence-electron chi connectivity index (χ4n) is 3.18. The minimum Gasteiger partial charge on any atom is -0.495 e. The number of nitrogens with one attached hydrogen (secondary N) is 1. The van der Waals surface area contributed by atoms with Crippen LogP contribution in [0.5, 0.6) is 5.75 Å². The molecule has 2 aromatic carbocycles. The molecule has 0 spiro atoms. The van der Waals surface area contributed by atoms with Crippen LogP contribution in [-0.4, -0.2) is 31.5 Å². The lowest BCUT2D eigenvalue weighted by Gasteiger charge is -2.18. The number of anilines is 1. The number of likely N-dealkylation sites (N-methyl/N-ethyl adjacent to an activating group) is 1. The van der Waals surface area contributed by atoms with E-state index in [1.165, 1.54) is 13.2 Å². The molecular weight excluding hydrogens is 392 g/mol. The monoisotopic (exact) mass is 414 g/mol. The summed E-state index contributed by atoms with van der Waals surface area (Å²) in [7, 11) is 3.34. The molecule has 7 heteroatoms. The molecule has 0 aliphatic carbocycles. The van der Waals surface area contributed by atoms with E-state index in [-0.39, 0.29) is 12.5 Å². The number of carbonyl (C=O) groups excluding carboxylic acids is 1. The highest BCUT2D eigenvalue weighted by atomic mass is 35.5. The van der Waals surface area contributed by atoms with Gasteiger partial charge in [-0.2, -0.15) is 0 Å². The molecule has 29 heavy (non-hydrogen) atoms. The van der Waals surface area contributed by atoms with E-state index < -0.39 is 5.63 Å². The van der Waals surface area contributed by atoms with E-state index >= 15 is 0 Å². The van der Waals surface area contributed by atoms with Gasteiger partial charge < -0.3 is 14.5 Å². The van der Waals surface area contributed by atoms with Gasteiger partial charge in [-0.15, -0.1) is 0 Å². The molecule has 0 aliphatic rings. The van der Waals surface area contributed by atoms with Crippen LogP contribution in [-0.2, 0) is 17.8 Å². The first kappa shape index (κ1) is 20.9. The minimum atomic E-state index is -0.401. The van der Waals surface area contributed by atoms with Gasteiger partial charge in [-0.25, -0.2) is 4.79 Å². The Kier molecular flexibility index (Phi) is 6.56. The number of halogens is 1. The van der Waals surface area contributed by atoms with Gasteiger partial charge in [-0.3, -0.25) is 9.69 Å². The molecule has 6 nitrogen and oxygen atoms in total. The molecule has 0 unspecified atom stereocenters. The topological polar surface area (TPSA) is 71.8 Å². The minimum absolute atomic E-state index is 0.129. The van der Waals surface area contributed by atoms with Crippen molar-refractivity contribution in [2.75, 3.05) is 26.0 Å². The number of nitrogens with zero attached hydrogens (tertiary/aromatic N) is 1. The highest BCUT2D eigenvalue weighted by molar-refractivity contribution is 6.31. The van der Waals surface area contributed by atoms with Gasteiger partial charge >= 0.3 is 5.63 Å². The Hall–Kier alpha value is -2.83. The molecule has 0 atom stereocenters. The number of carbonyl (C=O) groups is 1. The van der Waals surface area contributed by atoms with E-state index in [9.17, 15) is 9.59 Å². The number of ether oxygens (including phenoxy) is 1. The molecule has 1 aromatic heterocycles. The molecule has 1 N–H and O–H groups in total. The lowest BCUT2D eigenvalue weighted by Crippen LogP contribution is -2.30. The third-order valence-electron chi connectivity index (χ3n) is 4.59. The Bertz CT molecular complexity index is 1090. The number of fused-ring (bicyclic) bond motifs is 1. The van der Waals surface area contributed by atoms with Crippen molar-refractivity contribution in [2.45, 2.75) is 19.9 Å². The van der Waals surface area contributed by atoms with Gasteiger partial charge in [-0.05, 0) is 48.9 Å². The lowest BCUT2D eigenvalue weighted by molar-refractivity contribution is -0.117. The molecule has 0 saturated heterocycles. The lowest BCUT2D eigenvalue weighted by atomic mass is 10.1. The Morgan fingerprint density at radius 1 is 1.21 bits per heavy atom. The number of benzene rings is 2. The first-order valence-electron chi connectivity index (χ1n) is 9.27. The molecular formula is C22H23ClN2O4. The summed E-state index contributed by atoms with van der Waals surface area (Å²) in [6.45, 7) is 2.60. The number of methoxy groups -OCH3 is 1. The zero-order chi connectivity index (χ0) is 21.0. The van der Waals surface area contributed by atoms with Crippen LogP contribution in [0, 0.1) is 0 Å². The molecule has 3 aromatic rings. The van der Waals surface area contributed by atoms with Gasteiger partial charge in [-0.1, -0.05) is 30.7 Å². The highest BCUT2D eigenvalue weighted by Crippen LogP contribution is 2.27. The van der Waals surface area contributed by atoms with Crippen molar-refractivity contribution in [3.05, 3.63) is 69.0 Å². The Morgan fingerprint density at radius 3 is 2.72 bits per heavy atom. The summed E-state index contributed by atoms with van der Waals surface area (Å²) in [5.74, 6) is 0.317.